The fraction of sp³-hybridized carbons (Fsp3) is 0.846. The highest BCUT2D eigenvalue weighted by Gasteiger charge is 2.13. The molecule has 0 saturated carbocycles. The van der Waals surface area contributed by atoms with Crippen LogP contribution in [0.4, 0.5) is 0 Å². The first-order valence-electron chi connectivity index (χ1n) is 7.47. The molecule has 2 fully saturated rings. The molecule has 2 heterocycles. The average Bonchev–Trinajstić information content (AvgIpc) is 2.52. The number of hydrogen-bond acceptors (Lipinski definition) is 5. The van der Waals surface area contributed by atoms with Gasteiger partial charge in [0.15, 0.2) is 0 Å². The molecule has 2 saturated heterocycles. The summed E-state index contributed by atoms with van der Waals surface area (Å²) in [5, 5.41) is 9.85. The lowest BCUT2D eigenvalue weighted by Gasteiger charge is -2.29. The van der Waals surface area contributed by atoms with E-state index >= 15 is 0 Å². The van der Waals surface area contributed by atoms with Gasteiger partial charge in [-0.1, -0.05) is 30.9 Å². The average molecular weight is 316 g/mol. The van der Waals surface area contributed by atoms with Crippen LogP contribution in [0.25, 0.3) is 0 Å². The highest BCUT2D eigenvalue weighted by Crippen LogP contribution is 2.06. The first-order valence-corrected chi connectivity index (χ1v) is 8.29. The summed E-state index contributed by atoms with van der Waals surface area (Å²) in [7, 11) is 0. The van der Waals surface area contributed by atoms with E-state index in [-0.39, 0.29) is 0 Å². The van der Waals surface area contributed by atoms with E-state index < -0.39 is 0 Å². The van der Waals surface area contributed by atoms with Crippen LogP contribution in [0.2, 0.25) is 0 Å². The minimum Gasteiger partial charge on any atom is -0.361 e. The molecule has 0 aromatic carbocycles. The molecule has 0 unspecified atom stereocenters. The maximum atomic E-state index is 5.34. The molecule has 20 heavy (non-hydrogen) atoms. The van der Waals surface area contributed by atoms with Crippen LogP contribution in [0.3, 0.4) is 0 Å². The second kappa shape index (κ2) is 8.84. The van der Waals surface area contributed by atoms with E-state index in [1.807, 2.05) is 0 Å². The number of piperazine rings is 1. The van der Waals surface area contributed by atoms with Crippen molar-refractivity contribution in [3.05, 3.63) is 0 Å². The molecule has 0 aromatic rings. The first kappa shape index (κ1) is 16.0. The quantitative estimate of drug-likeness (QED) is 0.637. The van der Waals surface area contributed by atoms with Gasteiger partial charge in [-0.3, -0.25) is 9.80 Å². The van der Waals surface area contributed by atoms with Crippen LogP contribution in [0.1, 0.15) is 19.3 Å². The molecule has 2 aliphatic rings. The van der Waals surface area contributed by atoms with Crippen LogP contribution in [0.15, 0.2) is 0 Å². The molecule has 0 spiro atoms. The molecule has 0 aromatic heterocycles. The van der Waals surface area contributed by atoms with Crippen LogP contribution < -0.4 is 16.0 Å². The Morgan fingerprint density at radius 3 is 1.85 bits per heavy atom. The summed E-state index contributed by atoms with van der Waals surface area (Å²) < 4.78 is 0. The van der Waals surface area contributed by atoms with Gasteiger partial charge in [0.05, 0.1) is 13.3 Å². The number of likely N-dealkylation sites (tertiary alicyclic amines) is 1. The largest absolute Gasteiger partial charge is 0.361 e. The third kappa shape index (κ3) is 5.57. The molecule has 0 radical (unpaired) electrons. The van der Waals surface area contributed by atoms with Gasteiger partial charge in [0, 0.05) is 26.2 Å². The lowest BCUT2D eigenvalue weighted by molar-refractivity contribution is 0.225. The number of nitrogens with zero attached hydrogens (tertiary/aromatic N) is 2. The van der Waals surface area contributed by atoms with Crippen molar-refractivity contribution in [3.8, 4) is 0 Å². The molecule has 3 N–H and O–H groups in total. The minimum absolute atomic E-state index is 0.663. The fourth-order valence-electron chi connectivity index (χ4n) is 2.51. The van der Waals surface area contributed by atoms with Crippen molar-refractivity contribution in [1.82, 2.24) is 25.8 Å². The lowest BCUT2D eigenvalue weighted by Crippen LogP contribution is -2.50. The monoisotopic (exact) mass is 315 g/mol. The van der Waals surface area contributed by atoms with Crippen LogP contribution in [0.5, 0.6) is 0 Å². The number of nitrogens with one attached hydrogen (secondary N) is 3. The van der Waals surface area contributed by atoms with Crippen molar-refractivity contribution < 1.29 is 0 Å². The smallest absolute Gasteiger partial charge is 0.135 e. The van der Waals surface area contributed by atoms with E-state index in [1.54, 1.807) is 0 Å². The Morgan fingerprint density at radius 2 is 1.30 bits per heavy atom. The molecule has 0 bridgehead atoms. The molecule has 114 valence electrons. The van der Waals surface area contributed by atoms with Crippen LogP contribution in [-0.2, 0) is 0 Å². The zero-order valence-electron chi connectivity index (χ0n) is 12.0. The van der Waals surface area contributed by atoms with Crippen molar-refractivity contribution in [2.45, 2.75) is 19.3 Å². The van der Waals surface area contributed by atoms with Gasteiger partial charge in [-0.15, -0.1) is 0 Å². The molecule has 2 rings (SSSR count). The Bertz CT molecular complexity index is 293. The zero-order chi connectivity index (χ0) is 14.2. The summed E-state index contributed by atoms with van der Waals surface area (Å²) in [6.45, 7) is 8.14. The lowest BCUT2D eigenvalue weighted by atomic mass is 10.1. The summed E-state index contributed by atoms with van der Waals surface area (Å²) in [6.07, 6.45) is 3.94. The Balaban J connectivity index is 1.59. The van der Waals surface area contributed by atoms with Gasteiger partial charge in [-0.25, -0.2) is 0 Å². The van der Waals surface area contributed by atoms with Gasteiger partial charge >= 0.3 is 0 Å². The van der Waals surface area contributed by atoms with Crippen LogP contribution in [0, 0.1) is 0 Å². The maximum absolute atomic E-state index is 5.34. The third-order valence-corrected chi connectivity index (χ3v) is 4.62. The van der Waals surface area contributed by atoms with Gasteiger partial charge in [0.2, 0.25) is 0 Å². The Kier molecular flexibility index (Phi) is 7.09. The molecule has 5 nitrogen and oxygen atoms in total. The van der Waals surface area contributed by atoms with E-state index in [2.05, 4.69) is 25.8 Å². The summed E-state index contributed by atoms with van der Waals surface area (Å²) in [5.74, 6) is 0. The van der Waals surface area contributed by atoms with Crippen LogP contribution in [-0.4, -0.2) is 72.4 Å². The van der Waals surface area contributed by atoms with Gasteiger partial charge in [-0.2, -0.15) is 0 Å². The van der Waals surface area contributed by atoms with Gasteiger partial charge in [-0.05, 0) is 25.9 Å². The Hall–Kier alpha value is -0.340. The maximum Gasteiger partial charge on any atom is 0.135 e. The number of hydrogen-bond donors (Lipinski definition) is 3. The van der Waals surface area contributed by atoms with E-state index in [9.17, 15) is 0 Å². The van der Waals surface area contributed by atoms with E-state index in [1.165, 1.54) is 19.3 Å². The fourth-order valence-corrected chi connectivity index (χ4v) is 2.79. The molecular formula is C13H25N5S2. The van der Waals surface area contributed by atoms with Crippen molar-refractivity contribution >= 4 is 34.4 Å². The topological polar surface area (TPSA) is 42.6 Å². The SMILES string of the molecule is S=C(NCN1CCCCC1)C(=S)NCN1CCNCC1. The summed E-state index contributed by atoms with van der Waals surface area (Å²) in [4.78, 5) is 6.07. The second-order valence-corrected chi connectivity index (χ2v) is 6.19. The van der Waals surface area contributed by atoms with Crippen LogP contribution >= 0.6 is 24.4 Å². The van der Waals surface area contributed by atoms with Crippen molar-refractivity contribution in [2.24, 2.45) is 0 Å². The summed E-state index contributed by atoms with van der Waals surface area (Å²) >= 11 is 10.7. The number of rotatable bonds is 4. The molecule has 0 aliphatic carbocycles. The Labute approximate surface area is 132 Å². The molecular weight excluding hydrogens is 290 g/mol. The second-order valence-electron chi connectivity index (χ2n) is 5.37. The van der Waals surface area contributed by atoms with Gasteiger partial charge in [0.1, 0.15) is 9.98 Å². The zero-order valence-corrected chi connectivity index (χ0v) is 13.6. The predicted molar refractivity (Wildman–Crippen MR) is 91.1 cm³/mol. The third-order valence-electron chi connectivity index (χ3n) is 3.79. The van der Waals surface area contributed by atoms with Crippen molar-refractivity contribution in [2.75, 3.05) is 52.6 Å². The Morgan fingerprint density at radius 1 is 0.800 bits per heavy atom. The van der Waals surface area contributed by atoms with Gasteiger partial charge < -0.3 is 16.0 Å². The highest BCUT2D eigenvalue weighted by atomic mass is 32.1. The normalized spacial score (nSPS) is 21.4. The van der Waals surface area contributed by atoms with Crippen molar-refractivity contribution in [1.29, 1.82) is 0 Å². The number of thiocarbonyl (C=S) groups is 2. The molecule has 0 atom stereocenters. The van der Waals surface area contributed by atoms with Gasteiger partial charge in [0.25, 0.3) is 0 Å². The molecule has 7 heteroatoms. The van der Waals surface area contributed by atoms with Crippen molar-refractivity contribution in [3.63, 3.8) is 0 Å². The standard InChI is InChI=1S/C13H25N5S2/c19-12(15-10-17-6-2-1-3-7-17)13(20)16-11-18-8-4-14-5-9-18/h14H,1-11H2,(H,15,19)(H,16,20). The first-order chi connectivity index (χ1) is 9.75. The minimum atomic E-state index is 0.663. The summed E-state index contributed by atoms with van der Waals surface area (Å²) in [6, 6.07) is 0. The highest BCUT2D eigenvalue weighted by molar-refractivity contribution is 7.89. The van der Waals surface area contributed by atoms with E-state index in [0.29, 0.717) is 9.98 Å². The predicted octanol–water partition coefficient (Wildman–Crippen LogP) is 0.127. The molecule has 2 aliphatic heterocycles. The molecule has 0 amide bonds. The number of piperidine rings is 1. The van der Waals surface area contributed by atoms with E-state index in [4.69, 9.17) is 24.4 Å². The van der Waals surface area contributed by atoms with E-state index in [0.717, 1.165) is 52.6 Å². The summed E-state index contributed by atoms with van der Waals surface area (Å²) in [5.41, 5.74) is 0.